The third kappa shape index (κ3) is 4.86. The number of rotatable bonds is 7. The highest BCUT2D eigenvalue weighted by molar-refractivity contribution is 7.89. The third-order valence-electron chi connectivity index (χ3n) is 3.69. The first kappa shape index (κ1) is 15.9. The summed E-state index contributed by atoms with van der Waals surface area (Å²) in [5.74, 6) is 0.956. The van der Waals surface area contributed by atoms with E-state index < -0.39 is 10.0 Å². The summed E-state index contributed by atoms with van der Waals surface area (Å²) in [5.41, 5.74) is 0. The van der Waals surface area contributed by atoms with Crippen LogP contribution in [-0.2, 0) is 10.0 Å². The average Bonchev–Trinajstić information content (AvgIpc) is 2.28. The predicted molar refractivity (Wildman–Crippen MR) is 76.1 cm³/mol. The van der Waals surface area contributed by atoms with Gasteiger partial charge in [-0.3, -0.25) is 0 Å². The smallest absolute Gasteiger partial charge is 0.214 e. The minimum atomic E-state index is -3.04. The van der Waals surface area contributed by atoms with Gasteiger partial charge in [-0.25, -0.2) is 8.42 Å². The molecule has 0 aromatic carbocycles. The number of nitrogens with zero attached hydrogens (tertiary/aromatic N) is 1. The number of sulfonamides is 1. The minimum absolute atomic E-state index is 0.174. The van der Waals surface area contributed by atoms with Crippen molar-refractivity contribution in [3.63, 3.8) is 0 Å². The summed E-state index contributed by atoms with van der Waals surface area (Å²) < 4.78 is 26.2. The van der Waals surface area contributed by atoms with Gasteiger partial charge < -0.3 is 5.32 Å². The van der Waals surface area contributed by atoms with E-state index in [1.165, 1.54) is 0 Å². The van der Waals surface area contributed by atoms with Crippen molar-refractivity contribution in [3.8, 4) is 0 Å². The fourth-order valence-corrected chi connectivity index (χ4v) is 4.45. The summed E-state index contributed by atoms with van der Waals surface area (Å²) in [7, 11) is -3.04. The maximum absolute atomic E-state index is 12.2. The summed E-state index contributed by atoms with van der Waals surface area (Å²) in [6, 6.07) is 0.174. The van der Waals surface area contributed by atoms with Gasteiger partial charge in [0.2, 0.25) is 10.0 Å². The SMILES string of the molecule is CCNCCCCS(=O)(=O)N1CCC(C)CC1C. The Hall–Kier alpha value is -0.130. The Morgan fingerprint density at radius 2 is 2.00 bits per heavy atom. The lowest BCUT2D eigenvalue weighted by Crippen LogP contribution is -2.45. The fraction of sp³-hybridized carbons (Fsp3) is 1.00. The van der Waals surface area contributed by atoms with Crippen LogP contribution in [0.5, 0.6) is 0 Å². The van der Waals surface area contributed by atoms with Crippen LogP contribution in [0.2, 0.25) is 0 Å². The lowest BCUT2D eigenvalue weighted by molar-refractivity contribution is 0.220. The molecule has 2 unspecified atom stereocenters. The van der Waals surface area contributed by atoms with Gasteiger partial charge in [0.15, 0.2) is 0 Å². The molecule has 0 radical (unpaired) electrons. The Morgan fingerprint density at radius 3 is 2.61 bits per heavy atom. The van der Waals surface area contributed by atoms with E-state index >= 15 is 0 Å². The molecule has 1 heterocycles. The second-order valence-electron chi connectivity index (χ2n) is 5.47. The fourth-order valence-electron chi connectivity index (χ4n) is 2.63. The number of nitrogens with one attached hydrogen (secondary N) is 1. The van der Waals surface area contributed by atoms with Gasteiger partial charge in [-0.1, -0.05) is 13.8 Å². The molecule has 1 rings (SSSR count). The first-order valence-electron chi connectivity index (χ1n) is 7.17. The summed E-state index contributed by atoms with van der Waals surface area (Å²) in [4.78, 5) is 0. The Bertz CT molecular complexity index is 330. The molecule has 0 aliphatic carbocycles. The molecule has 1 saturated heterocycles. The van der Waals surface area contributed by atoms with Gasteiger partial charge >= 0.3 is 0 Å². The van der Waals surface area contributed by atoms with Crippen molar-refractivity contribution in [2.24, 2.45) is 5.92 Å². The normalized spacial score (nSPS) is 26.4. The van der Waals surface area contributed by atoms with E-state index in [0.717, 1.165) is 38.8 Å². The Morgan fingerprint density at radius 1 is 1.28 bits per heavy atom. The van der Waals surface area contributed by atoms with Gasteiger partial charge in [0, 0.05) is 12.6 Å². The zero-order valence-corrected chi connectivity index (χ0v) is 12.8. The maximum Gasteiger partial charge on any atom is 0.214 e. The summed E-state index contributed by atoms with van der Waals surface area (Å²) in [6.07, 6.45) is 3.69. The Balaban J connectivity index is 2.38. The molecule has 1 N–H and O–H groups in total. The third-order valence-corrected chi connectivity index (χ3v) is 5.75. The summed E-state index contributed by atoms with van der Waals surface area (Å²) in [5, 5.41) is 3.22. The zero-order chi connectivity index (χ0) is 13.6. The van der Waals surface area contributed by atoms with Gasteiger partial charge in [-0.2, -0.15) is 4.31 Å². The highest BCUT2D eigenvalue weighted by Gasteiger charge is 2.31. The van der Waals surface area contributed by atoms with E-state index in [4.69, 9.17) is 0 Å². The number of unbranched alkanes of at least 4 members (excludes halogenated alkanes) is 1. The molecular weight excluding hydrogens is 248 g/mol. The molecule has 2 atom stereocenters. The van der Waals surface area contributed by atoms with E-state index in [0.29, 0.717) is 18.2 Å². The van der Waals surface area contributed by atoms with Gasteiger partial charge in [0.1, 0.15) is 0 Å². The van der Waals surface area contributed by atoms with Crippen LogP contribution in [0.3, 0.4) is 0 Å². The predicted octanol–water partition coefficient (Wildman–Crippen LogP) is 1.83. The van der Waals surface area contributed by atoms with Crippen molar-refractivity contribution in [2.75, 3.05) is 25.4 Å². The van der Waals surface area contributed by atoms with Crippen LogP contribution >= 0.6 is 0 Å². The Kier molecular flexibility index (Phi) is 6.60. The molecule has 4 nitrogen and oxygen atoms in total. The van der Waals surface area contributed by atoms with Crippen molar-refractivity contribution in [1.82, 2.24) is 9.62 Å². The summed E-state index contributed by atoms with van der Waals surface area (Å²) in [6.45, 7) is 8.88. The molecule has 5 heteroatoms. The van der Waals surface area contributed by atoms with E-state index in [9.17, 15) is 8.42 Å². The topological polar surface area (TPSA) is 49.4 Å². The first-order valence-corrected chi connectivity index (χ1v) is 8.78. The highest BCUT2D eigenvalue weighted by atomic mass is 32.2. The van der Waals surface area contributed by atoms with Crippen molar-refractivity contribution >= 4 is 10.0 Å². The van der Waals surface area contributed by atoms with Gasteiger partial charge in [-0.15, -0.1) is 0 Å². The molecule has 0 saturated carbocycles. The monoisotopic (exact) mass is 276 g/mol. The molecule has 0 amide bonds. The van der Waals surface area contributed by atoms with Crippen LogP contribution in [0, 0.1) is 5.92 Å². The van der Waals surface area contributed by atoms with Crippen LogP contribution in [0.25, 0.3) is 0 Å². The highest BCUT2D eigenvalue weighted by Crippen LogP contribution is 2.25. The van der Waals surface area contributed by atoms with E-state index in [1.54, 1.807) is 4.31 Å². The molecule has 0 spiro atoms. The molecule has 0 aromatic rings. The van der Waals surface area contributed by atoms with E-state index in [2.05, 4.69) is 19.2 Å². The van der Waals surface area contributed by atoms with Crippen LogP contribution in [0.15, 0.2) is 0 Å². The maximum atomic E-state index is 12.2. The molecule has 0 aromatic heterocycles. The zero-order valence-electron chi connectivity index (χ0n) is 12.0. The van der Waals surface area contributed by atoms with Crippen LogP contribution in [0.1, 0.15) is 46.5 Å². The van der Waals surface area contributed by atoms with E-state index in [1.807, 2.05) is 6.92 Å². The second-order valence-corrected chi connectivity index (χ2v) is 7.51. The largest absolute Gasteiger partial charge is 0.317 e. The first-order chi connectivity index (χ1) is 8.47. The number of hydrogen-bond donors (Lipinski definition) is 1. The minimum Gasteiger partial charge on any atom is -0.317 e. The van der Waals surface area contributed by atoms with Gasteiger partial charge in [-0.05, 0) is 51.6 Å². The molecule has 1 fully saturated rings. The quantitative estimate of drug-likeness (QED) is 0.722. The molecule has 0 bridgehead atoms. The lowest BCUT2D eigenvalue weighted by atomic mass is 9.95. The van der Waals surface area contributed by atoms with Gasteiger partial charge in [0.25, 0.3) is 0 Å². The number of piperidine rings is 1. The number of hydrogen-bond acceptors (Lipinski definition) is 3. The van der Waals surface area contributed by atoms with Crippen LogP contribution in [-0.4, -0.2) is 44.2 Å². The van der Waals surface area contributed by atoms with Crippen molar-refractivity contribution in [1.29, 1.82) is 0 Å². The van der Waals surface area contributed by atoms with Crippen molar-refractivity contribution < 1.29 is 8.42 Å². The standard InChI is InChI=1S/C13H28N2O2S/c1-4-14-8-5-6-10-18(16,17)15-9-7-12(2)11-13(15)3/h12-14H,4-11H2,1-3H3. The van der Waals surface area contributed by atoms with Gasteiger partial charge in [0.05, 0.1) is 5.75 Å². The average molecular weight is 276 g/mol. The second kappa shape index (κ2) is 7.46. The molecule has 18 heavy (non-hydrogen) atoms. The molecular formula is C13H28N2O2S. The van der Waals surface area contributed by atoms with Crippen LogP contribution < -0.4 is 5.32 Å². The lowest BCUT2D eigenvalue weighted by Gasteiger charge is -2.35. The van der Waals surface area contributed by atoms with Crippen molar-refractivity contribution in [3.05, 3.63) is 0 Å². The van der Waals surface area contributed by atoms with Crippen LogP contribution in [0.4, 0.5) is 0 Å². The van der Waals surface area contributed by atoms with Crippen molar-refractivity contribution in [2.45, 2.75) is 52.5 Å². The molecule has 1 aliphatic heterocycles. The summed E-state index contributed by atoms with van der Waals surface area (Å²) >= 11 is 0. The van der Waals surface area contributed by atoms with E-state index in [-0.39, 0.29) is 6.04 Å². The molecule has 1 aliphatic rings. The molecule has 108 valence electrons. The Labute approximate surface area is 112 Å².